The summed E-state index contributed by atoms with van der Waals surface area (Å²) in [5, 5.41) is 1.92. The van der Waals surface area contributed by atoms with Gasteiger partial charge >= 0.3 is 0 Å². The molecule has 22 heavy (non-hydrogen) atoms. The van der Waals surface area contributed by atoms with Crippen LogP contribution in [0.2, 0.25) is 10.0 Å². The van der Waals surface area contributed by atoms with Crippen molar-refractivity contribution in [3.05, 3.63) is 57.7 Å². The van der Waals surface area contributed by atoms with Gasteiger partial charge in [0.25, 0.3) is 0 Å². The third-order valence-corrected chi connectivity index (χ3v) is 5.72. The molecule has 1 aromatic heterocycles. The quantitative estimate of drug-likeness (QED) is 0.649. The summed E-state index contributed by atoms with van der Waals surface area (Å²) < 4.78 is 0. The van der Waals surface area contributed by atoms with Crippen molar-refractivity contribution in [3.8, 4) is 0 Å². The van der Waals surface area contributed by atoms with Crippen molar-refractivity contribution in [3.63, 3.8) is 0 Å². The Labute approximate surface area is 144 Å². The van der Waals surface area contributed by atoms with Crippen molar-refractivity contribution >= 4 is 51.4 Å². The number of thioether (sulfide) groups is 1. The molecule has 0 amide bonds. The number of hydrogen-bond donors (Lipinski definition) is 0. The zero-order valence-corrected chi connectivity index (χ0v) is 14.3. The fourth-order valence-corrected chi connectivity index (χ4v) is 4.92. The maximum absolute atomic E-state index is 6.18. The highest BCUT2D eigenvalue weighted by Gasteiger charge is 2.32. The molecule has 5 heteroatoms. The topological polar surface area (TPSA) is 16.1 Å². The predicted octanol–water partition coefficient (Wildman–Crippen LogP) is 5.78. The number of fused-ring (bicyclic) bond motifs is 2. The van der Waals surface area contributed by atoms with Crippen LogP contribution in [0.1, 0.15) is 18.9 Å². The minimum absolute atomic E-state index is 0.626. The van der Waals surface area contributed by atoms with Crippen LogP contribution in [0.4, 0.5) is 11.5 Å². The number of halogens is 2. The zero-order chi connectivity index (χ0) is 15.3. The molecule has 2 nitrogen and oxygen atoms in total. The van der Waals surface area contributed by atoms with Gasteiger partial charge < -0.3 is 4.90 Å². The Morgan fingerprint density at radius 2 is 2.00 bits per heavy atom. The van der Waals surface area contributed by atoms with Gasteiger partial charge in [-0.2, -0.15) is 0 Å². The fourth-order valence-electron chi connectivity index (χ4n) is 3.12. The van der Waals surface area contributed by atoms with Gasteiger partial charge in [0.2, 0.25) is 0 Å². The highest BCUT2D eigenvalue weighted by Crippen LogP contribution is 2.50. The molecule has 4 rings (SSSR count). The minimum Gasteiger partial charge on any atom is -0.322 e. The van der Waals surface area contributed by atoms with Crippen LogP contribution in [0.15, 0.2) is 42.1 Å². The van der Waals surface area contributed by atoms with E-state index in [1.807, 2.05) is 36.2 Å². The maximum Gasteiger partial charge on any atom is 0.141 e. The Balaban J connectivity index is 1.85. The molecule has 0 fully saturated rings. The molecule has 0 bridgehead atoms. The van der Waals surface area contributed by atoms with Crippen molar-refractivity contribution in [1.29, 1.82) is 0 Å². The summed E-state index contributed by atoms with van der Waals surface area (Å²) in [5.41, 5.74) is 3.69. The molecule has 1 unspecified atom stereocenters. The summed E-state index contributed by atoms with van der Waals surface area (Å²) in [5.74, 6) is 0.987. The van der Waals surface area contributed by atoms with Crippen LogP contribution >= 0.6 is 35.0 Å². The second kappa shape index (κ2) is 5.48. The van der Waals surface area contributed by atoms with Crippen molar-refractivity contribution in [1.82, 2.24) is 4.98 Å². The largest absolute Gasteiger partial charge is 0.322 e. The number of anilines is 2. The van der Waals surface area contributed by atoms with Crippen LogP contribution in [0.5, 0.6) is 0 Å². The molecule has 112 valence electrons. The average molecular weight is 349 g/mol. The lowest BCUT2D eigenvalue weighted by atomic mass is 10.0. The van der Waals surface area contributed by atoms with Gasteiger partial charge in [0, 0.05) is 44.2 Å². The van der Waals surface area contributed by atoms with Crippen LogP contribution in [0.3, 0.4) is 0 Å². The molecular formula is C17H14Cl2N2S. The third kappa shape index (κ3) is 2.41. The van der Waals surface area contributed by atoms with Crippen LogP contribution in [-0.2, 0) is 0 Å². The molecule has 2 aliphatic rings. The predicted molar refractivity (Wildman–Crippen MR) is 96.3 cm³/mol. The summed E-state index contributed by atoms with van der Waals surface area (Å²) in [6.45, 7) is 3.13. The molecule has 3 heterocycles. The normalized spacial score (nSPS) is 20.1. The molecule has 0 spiro atoms. The Morgan fingerprint density at radius 3 is 2.77 bits per heavy atom. The second-order valence-corrected chi connectivity index (χ2v) is 7.98. The van der Waals surface area contributed by atoms with Crippen molar-refractivity contribution in [2.75, 3.05) is 11.4 Å². The van der Waals surface area contributed by atoms with Gasteiger partial charge in [-0.15, -0.1) is 11.8 Å². The number of aromatic nitrogens is 1. The molecule has 0 saturated heterocycles. The molecule has 1 atom stereocenters. The monoisotopic (exact) mass is 348 g/mol. The highest BCUT2D eigenvalue weighted by atomic mass is 35.5. The fraction of sp³-hybridized carbons (Fsp3) is 0.235. The van der Waals surface area contributed by atoms with Crippen LogP contribution < -0.4 is 4.90 Å². The van der Waals surface area contributed by atoms with Crippen LogP contribution in [0.25, 0.3) is 4.91 Å². The van der Waals surface area contributed by atoms with Gasteiger partial charge in [0.1, 0.15) is 5.82 Å². The summed E-state index contributed by atoms with van der Waals surface area (Å²) in [6, 6.07) is 9.81. The van der Waals surface area contributed by atoms with E-state index in [-0.39, 0.29) is 0 Å². The first-order valence-electron chi connectivity index (χ1n) is 7.19. The van der Waals surface area contributed by atoms with Gasteiger partial charge in [-0.3, -0.25) is 0 Å². The molecule has 0 aliphatic carbocycles. The lowest BCUT2D eigenvalue weighted by Gasteiger charge is -2.31. The lowest BCUT2D eigenvalue weighted by Crippen LogP contribution is -2.25. The van der Waals surface area contributed by atoms with Gasteiger partial charge in [0.15, 0.2) is 0 Å². The van der Waals surface area contributed by atoms with Gasteiger partial charge in [-0.25, -0.2) is 4.98 Å². The Kier molecular flexibility index (Phi) is 3.60. The van der Waals surface area contributed by atoms with Gasteiger partial charge in [-0.1, -0.05) is 30.1 Å². The van der Waals surface area contributed by atoms with Gasteiger partial charge in [-0.05, 0) is 42.3 Å². The molecule has 0 N–H and O–H groups in total. The van der Waals surface area contributed by atoms with Crippen molar-refractivity contribution in [2.24, 2.45) is 0 Å². The molecular weight excluding hydrogens is 335 g/mol. The van der Waals surface area contributed by atoms with Crippen molar-refractivity contribution < 1.29 is 0 Å². The number of nitrogens with zero attached hydrogens (tertiary/aromatic N) is 2. The minimum atomic E-state index is 0.626. The molecule has 0 radical (unpaired) electrons. The number of pyridine rings is 1. The SMILES string of the molecule is CC1CC2=C(S1)c1cccnc1N(c1cc(Cl)cc(Cl)c1)C2. The summed E-state index contributed by atoms with van der Waals surface area (Å²) in [7, 11) is 0. The Bertz CT molecular complexity index is 768. The summed E-state index contributed by atoms with van der Waals surface area (Å²) in [4.78, 5) is 8.23. The summed E-state index contributed by atoms with van der Waals surface area (Å²) >= 11 is 14.3. The standard InChI is InChI=1S/C17H14Cl2N2S/c1-10-5-11-9-21(14-7-12(18)6-13(19)8-14)17-15(16(11)22-10)3-2-4-20-17/h2-4,6-8,10H,5,9H2,1H3. The first-order valence-corrected chi connectivity index (χ1v) is 8.83. The second-order valence-electron chi connectivity index (χ2n) is 5.65. The molecule has 0 saturated carbocycles. The number of benzene rings is 1. The van der Waals surface area contributed by atoms with Gasteiger partial charge in [0.05, 0.1) is 0 Å². The van der Waals surface area contributed by atoms with E-state index < -0.39 is 0 Å². The summed E-state index contributed by atoms with van der Waals surface area (Å²) in [6.07, 6.45) is 2.96. The zero-order valence-electron chi connectivity index (χ0n) is 12.0. The smallest absolute Gasteiger partial charge is 0.141 e. The van der Waals surface area contributed by atoms with Crippen LogP contribution in [-0.4, -0.2) is 16.8 Å². The highest BCUT2D eigenvalue weighted by molar-refractivity contribution is 8.09. The average Bonchev–Trinajstić information content (AvgIpc) is 2.86. The van der Waals surface area contributed by atoms with E-state index in [1.54, 1.807) is 6.07 Å². The maximum atomic E-state index is 6.18. The number of rotatable bonds is 1. The van der Waals surface area contributed by atoms with E-state index in [4.69, 9.17) is 23.2 Å². The van der Waals surface area contributed by atoms with E-state index >= 15 is 0 Å². The van der Waals surface area contributed by atoms with E-state index in [9.17, 15) is 0 Å². The van der Waals surface area contributed by atoms with E-state index in [2.05, 4.69) is 22.9 Å². The van der Waals surface area contributed by atoms with Crippen LogP contribution in [0, 0.1) is 0 Å². The lowest BCUT2D eigenvalue weighted by molar-refractivity contribution is 0.882. The number of hydrogen-bond acceptors (Lipinski definition) is 3. The molecule has 1 aromatic carbocycles. The van der Waals surface area contributed by atoms with Crippen molar-refractivity contribution in [2.45, 2.75) is 18.6 Å². The Morgan fingerprint density at radius 1 is 1.23 bits per heavy atom. The third-order valence-electron chi connectivity index (χ3n) is 3.97. The molecule has 2 aromatic rings. The Hall–Kier alpha value is -1.16. The van der Waals surface area contributed by atoms with E-state index in [1.165, 1.54) is 16.0 Å². The first kappa shape index (κ1) is 14.4. The first-order chi connectivity index (χ1) is 10.6. The van der Waals surface area contributed by atoms with E-state index in [0.29, 0.717) is 15.3 Å². The van der Waals surface area contributed by atoms with E-state index in [0.717, 1.165) is 24.5 Å². The molecule has 2 aliphatic heterocycles.